The Morgan fingerprint density at radius 1 is 1.45 bits per heavy atom. The highest BCUT2D eigenvalue weighted by Crippen LogP contribution is 2.20. The molecule has 2 aromatic rings. The molecule has 4 nitrogen and oxygen atoms in total. The van der Waals surface area contributed by atoms with Gasteiger partial charge >= 0.3 is 0 Å². The third kappa shape index (κ3) is 3.42. The van der Waals surface area contributed by atoms with Crippen LogP contribution in [0.2, 0.25) is 0 Å². The molecule has 3 N–H and O–H groups in total. The molecular formula is C15H19N3OS. The molecule has 2 rings (SSSR count). The average Bonchev–Trinajstić information content (AvgIpc) is 2.45. The van der Waals surface area contributed by atoms with E-state index in [0.717, 1.165) is 22.9 Å². The summed E-state index contributed by atoms with van der Waals surface area (Å²) >= 11 is 1.77. The van der Waals surface area contributed by atoms with E-state index in [9.17, 15) is 4.79 Å². The second-order valence-electron chi connectivity index (χ2n) is 4.77. The lowest BCUT2D eigenvalue weighted by atomic mass is 10.1. The highest BCUT2D eigenvalue weighted by atomic mass is 32.2. The van der Waals surface area contributed by atoms with Gasteiger partial charge in [0, 0.05) is 11.4 Å². The van der Waals surface area contributed by atoms with Crippen molar-refractivity contribution >= 4 is 34.3 Å². The molecule has 1 unspecified atom stereocenters. The van der Waals surface area contributed by atoms with Crippen LogP contribution in [-0.2, 0) is 0 Å². The number of thioether (sulfide) groups is 1. The minimum absolute atomic E-state index is 0.129. The van der Waals surface area contributed by atoms with Crippen LogP contribution in [0.1, 0.15) is 23.8 Å². The predicted octanol–water partition coefficient (Wildman–Crippen LogP) is 2.69. The van der Waals surface area contributed by atoms with E-state index in [1.54, 1.807) is 17.8 Å². The van der Waals surface area contributed by atoms with Crippen molar-refractivity contribution in [3.63, 3.8) is 0 Å². The zero-order valence-electron chi connectivity index (χ0n) is 11.7. The largest absolute Gasteiger partial charge is 0.383 e. The molecule has 1 aromatic heterocycles. The number of carbonyl (C=O) groups excluding carboxylic acids is 1. The molecule has 0 fully saturated rings. The molecule has 0 radical (unpaired) electrons. The Morgan fingerprint density at radius 3 is 2.95 bits per heavy atom. The minimum atomic E-state index is -0.170. The number of amides is 1. The van der Waals surface area contributed by atoms with Gasteiger partial charge in [-0.05, 0) is 36.8 Å². The molecule has 0 aliphatic heterocycles. The Balaban J connectivity index is 2.18. The van der Waals surface area contributed by atoms with Crippen molar-refractivity contribution in [2.45, 2.75) is 19.4 Å². The number of hydrogen-bond acceptors (Lipinski definition) is 4. The number of nitrogens with one attached hydrogen (secondary N) is 1. The summed E-state index contributed by atoms with van der Waals surface area (Å²) in [5.74, 6) is 1.25. The minimum Gasteiger partial charge on any atom is -0.383 e. The van der Waals surface area contributed by atoms with E-state index < -0.39 is 0 Å². The Labute approximate surface area is 123 Å². The molecule has 0 aliphatic carbocycles. The van der Waals surface area contributed by atoms with Crippen molar-refractivity contribution < 1.29 is 4.79 Å². The number of nitrogen functional groups attached to an aromatic ring is 1. The first-order valence-corrected chi connectivity index (χ1v) is 7.96. The molecule has 0 aliphatic rings. The molecule has 1 aromatic carbocycles. The molecule has 0 saturated carbocycles. The second kappa shape index (κ2) is 6.61. The molecule has 1 amide bonds. The SMILES string of the molecule is CSCCC(C)NC(=O)c1cc2ccccc2c(N)n1. The third-order valence-electron chi connectivity index (χ3n) is 3.13. The summed E-state index contributed by atoms with van der Waals surface area (Å²) in [5.41, 5.74) is 6.28. The number of anilines is 1. The molecule has 1 heterocycles. The van der Waals surface area contributed by atoms with Crippen LogP contribution < -0.4 is 11.1 Å². The zero-order chi connectivity index (χ0) is 14.5. The van der Waals surface area contributed by atoms with E-state index in [-0.39, 0.29) is 11.9 Å². The number of carbonyl (C=O) groups is 1. The van der Waals surface area contributed by atoms with Gasteiger partial charge in [0.25, 0.3) is 5.91 Å². The first-order chi connectivity index (χ1) is 9.61. The van der Waals surface area contributed by atoms with Crippen LogP contribution in [-0.4, -0.2) is 28.9 Å². The van der Waals surface area contributed by atoms with Gasteiger partial charge in [-0.1, -0.05) is 24.3 Å². The van der Waals surface area contributed by atoms with Crippen molar-refractivity contribution in [2.24, 2.45) is 0 Å². The maximum Gasteiger partial charge on any atom is 0.270 e. The number of benzene rings is 1. The lowest BCUT2D eigenvalue weighted by molar-refractivity contribution is 0.0935. The topological polar surface area (TPSA) is 68.0 Å². The summed E-state index contributed by atoms with van der Waals surface area (Å²) in [5, 5.41) is 4.76. The molecule has 0 bridgehead atoms. The van der Waals surface area contributed by atoms with E-state index in [1.165, 1.54) is 0 Å². The van der Waals surface area contributed by atoms with Gasteiger partial charge in [0.1, 0.15) is 11.5 Å². The Hall–Kier alpha value is -1.75. The second-order valence-corrected chi connectivity index (χ2v) is 5.76. The van der Waals surface area contributed by atoms with Gasteiger partial charge in [0.2, 0.25) is 0 Å². The number of fused-ring (bicyclic) bond motifs is 1. The third-order valence-corrected chi connectivity index (χ3v) is 3.78. The molecule has 1 atom stereocenters. The number of nitrogens with zero attached hydrogens (tertiary/aromatic N) is 1. The van der Waals surface area contributed by atoms with Gasteiger partial charge in [0.05, 0.1) is 0 Å². The molecular weight excluding hydrogens is 270 g/mol. The highest BCUT2D eigenvalue weighted by Gasteiger charge is 2.13. The van der Waals surface area contributed by atoms with Crippen molar-refractivity contribution in [2.75, 3.05) is 17.7 Å². The molecule has 0 spiro atoms. The monoisotopic (exact) mass is 289 g/mol. The number of rotatable bonds is 5. The molecule has 5 heteroatoms. The van der Waals surface area contributed by atoms with E-state index in [4.69, 9.17) is 5.73 Å². The number of pyridine rings is 1. The fourth-order valence-corrected chi connectivity index (χ4v) is 2.60. The first-order valence-electron chi connectivity index (χ1n) is 6.57. The van der Waals surface area contributed by atoms with Crippen LogP contribution in [0.3, 0.4) is 0 Å². The molecule has 20 heavy (non-hydrogen) atoms. The smallest absolute Gasteiger partial charge is 0.270 e. The van der Waals surface area contributed by atoms with Gasteiger partial charge in [-0.3, -0.25) is 4.79 Å². The van der Waals surface area contributed by atoms with Crippen LogP contribution in [0.25, 0.3) is 10.8 Å². The quantitative estimate of drug-likeness (QED) is 0.888. The van der Waals surface area contributed by atoms with Crippen LogP contribution in [0.5, 0.6) is 0 Å². The summed E-state index contributed by atoms with van der Waals surface area (Å²) in [6.45, 7) is 2.00. The number of hydrogen-bond donors (Lipinski definition) is 2. The maximum atomic E-state index is 12.2. The summed E-state index contributed by atoms with van der Waals surface area (Å²) in [6, 6.07) is 9.57. The fraction of sp³-hybridized carbons (Fsp3) is 0.333. The first kappa shape index (κ1) is 14.7. The lowest BCUT2D eigenvalue weighted by Gasteiger charge is -2.13. The van der Waals surface area contributed by atoms with Crippen molar-refractivity contribution in [3.8, 4) is 0 Å². The van der Waals surface area contributed by atoms with Crippen LogP contribution in [0, 0.1) is 0 Å². The normalized spacial score (nSPS) is 12.3. The van der Waals surface area contributed by atoms with Crippen LogP contribution >= 0.6 is 11.8 Å². The summed E-state index contributed by atoms with van der Waals surface area (Å²) < 4.78 is 0. The Morgan fingerprint density at radius 2 is 2.20 bits per heavy atom. The van der Waals surface area contributed by atoms with Crippen molar-refractivity contribution in [3.05, 3.63) is 36.0 Å². The van der Waals surface area contributed by atoms with Gasteiger partial charge in [-0.25, -0.2) is 4.98 Å². The van der Waals surface area contributed by atoms with Gasteiger partial charge in [-0.2, -0.15) is 11.8 Å². The van der Waals surface area contributed by atoms with E-state index in [2.05, 4.69) is 16.6 Å². The summed E-state index contributed by atoms with van der Waals surface area (Å²) in [6.07, 6.45) is 3.00. The van der Waals surface area contributed by atoms with Gasteiger partial charge < -0.3 is 11.1 Å². The summed E-state index contributed by atoms with van der Waals surface area (Å²) in [7, 11) is 0. The van der Waals surface area contributed by atoms with E-state index in [0.29, 0.717) is 11.5 Å². The number of nitrogens with two attached hydrogens (primary N) is 1. The van der Waals surface area contributed by atoms with Crippen LogP contribution in [0.15, 0.2) is 30.3 Å². The Bertz CT molecular complexity index is 615. The van der Waals surface area contributed by atoms with E-state index >= 15 is 0 Å². The van der Waals surface area contributed by atoms with Gasteiger partial charge in [-0.15, -0.1) is 0 Å². The van der Waals surface area contributed by atoms with Gasteiger partial charge in [0.15, 0.2) is 0 Å². The number of aromatic nitrogens is 1. The zero-order valence-corrected chi connectivity index (χ0v) is 12.5. The van der Waals surface area contributed by atoms with Crippen molar-refractivity contribution in [1.82, 2.24) is 10.3 Å². The van der Waals surface area contributed by atoms with Crippen molar-refractivity contribution in [1.29, 1.82) is 0 Å². The van der Waals surface area contributed by atoms with E-state index in [1.807, 2.05) is 31.2 Å². The predicted molar refractivity (Wildman–Crippen MR) is 86.1 cm³/mol. The fourth-order valence-electron chi connectivity index (χ4n) is 2.01. The summed E-state index contributed by atoms with van der Waals surface area (Å²) in [4.78, 5) is 16.4. The molecule has 0 saturated heterocycles. The standard InChI is InChI=1S/C15H19N3OS/c1-10(7-8-20-2)17-15(19)13-9-11-5-3-4-6-12(11)14(16)18-13/h3-6,9-10H,7-8H2,1-2H3,(H2,16,18)(H,17,19). The van der Waals surface area contributed by atoms with Crippen LogP contribution in [0.4, 0.5) is 5.82 Å². The Kier molecular flexibility index (Phi) is 4.84. The maximum absolute atomic E-state index is 12.2. The highest BCUT2D eigenvalue weighted by molar-refractivity contribution is 7.98. The average molecular weight is 289 g/mol. The lowest BCUT2D eigenvalue weighted by Crippen LogP contribution is -2.33. The molecule has 106 valence electrons.